The number of hydrogen-bond donors (Lipinski definition) is 1. The average Bonchev–Trinajstić information content (AvgIpc) is 2.15. The van der Waals surface area contributed by atoms with E-state index in [1.165, 1.54) is 0 Å². The molecule has 1 nitrogen and oxygen atoms in total. The van der Waals surface area contributed by atoms with Crippen molar-refractivity contribution in [3.8, 4) is 0 Å². The second kappa shape index (κ2) is 5.74. The van der Waals surface area contributed by atoms with Crippen molar-refractivity contribution in [3.05, 3.63) is 33.8 Å². The zero-order chi connectivity index (χ0) is 11.4. The van der Waals surface area contributed by atoms with Gasteiger partial charge in [0, 0.05) is 16.1 Å². The van der Waals surface area contributed by atoms with Crippen molar-refractivity contribution >= 4 is 23.2 Å². The maximum atomic E-state index is 6.07. The van der Waals surface area contributed by atoms with Gasteiger partial charge in [0.25, 0.3) is 0 Å². The molecule has 2 N–H and O–H groups in total. The summed E-state index contributed by atoms with van der Waals surface area (Å²) in [5, 5.41) is 1.41. The van der Waals surface area contributed by atoms with Crippen LogP contribution in [-0.4, -0.2) is 6.04 Å². The zero-order valence-corrected chi connectivity index (χ0v) is 10.6. The quantitative estimate of drug-likeness (QED) is 0.856. The average molecular weight is 246 g/mol. The molecule has 0 fully saturated rings. The Bertz CT molecular complexity index is 323. The van der Waals surface area contributed by atoms with E-state index in [4.69, 9.17) is 28.9 Å². The summed E-state index contributed by atoms with van der Waals surface area (Å²) >= 11 is 11.9. The van der Waals surface area contributed by atoms with Gasteiger partial charge >= 0.3 is 0 Å². The number of hydrogen-bond acceptors (Lipinski definition) is 1. The van der Waals surface area contributed by atoms with Gasteiger partial charge in [-0.1, -0.05) is 43.1 Å². The topological polar surface area (TPSA) is 26.0 Å². The predicted molar refractivity (Wildman–Crippen MR) is 67.6 cm³/mol. The zero-order valence-electron chi connectivity index (χ0n) is 9.13. The van der Waals surface area contributed by atoms with E-state index in [2.05, 4.69) is 13.8 Å². The molecule has 1 aromatic rings. The first kappa shape index (κ1) is 12.8. The van der Waals surface area contributed by atoms with E-state index in [0.29, 0.717) is 10.9 Å². The highest BCUT2D eigenvalue weighted by atomic mass is 35.5. The molecule has 0 amide bonds. The molecule has 0 aliphatic carbocycles. The first-order chi connectivity index (χ1) is 7.00. The molecule has 0 saturated heterocycles. The summed E-state index contributed by atoms with van der Waals surface area (Å²) in [6.07, 6.45) is 1.87. The lowest BCUT2D eigenvalue weighted by Gasteiger charge is -2.15. The van der Waals surface area contributed by atoms with Gasteiger partial charge in [0.15, 0.2) is 0 Å². The largest absolute Gasteiger partial charge is 0.327 e. The van der Waals surface area contributed by atoms with E-state index in [9.17, 15) is 0 Å². The lowest BCUT2D eigenvalue weighted by molar-refractivity contribution is 0.464. The summed E-state index contributed by atoms with van der Waals surface area (Å²) in [5.74, 6) is 0.510. The Morgan fingerprint density at radius 3 is 2.47 bits per heavy atom. The Morgan fingerprint density at radius 2 is 1.93 bits per heavy atom. The molecule has 15 heavy (non-hydrogen) atoms. The van der Waals surface area contributed by atoms with Crippen molar-refractivity contribution in [2.24, 2.45) is 11.7 Å². The molecular formula is C12H17Cl2N. The third kappa shape index (κ3) is 4.02. The van der Waals surface area contributed by atoms with E-state index >= 15 is 0 Å². The minimum absolute atomic E-state index is 0.233. The van der Waals surface area contributed by atoms with Crippen molar-refractivity contribution in [1.82, 2.24) is 0 Å². The molecule has 0 heterocycles. The second-order valence-corrected chi connectivity index (χ2v) is 5.03. The Hall–Kier alpha value is -0.240. The fourth-order valence-corrected chi connectivity index (χ4v) is 1.88. The third-order valence-electron chi connectivity index (χ3n) is 2.62. The van der Waals surface area contributed by atoms with Crippen LogP contribution >= 0.6 is 23.2 Å². The molecule has 0 aliphatic rings. The van der Waals surface area contributed by atoms with E-state index < -0.39 is 0 Å². The van der Waals surface area contributed by atoms with Crippen LogP contribution in [-0.2, 0) is 6.42 Å². The lowest BCUT2D eigenvalue weighted by atomic mass is 9.98. The highest BCUT2D eigenvalue weighted by molar-refractivity contribution is 6.35. The Balaban J connectivity index is 2.58. The van der Waals surface area contributed by atoms with Gasteiger partial charge in [0.1, 0.15) is 0 Å². The van der Waals surface area contributed by atoms with Gasteiger partial charge in [-0.15, -0.1) is 0 Å². The molecule has 84 valence electrons. The van der Waals surface area contributed by atoms with Crippen molar-refractivity contribution < 1.29 is 0 Å². The molecule has 0 saturated carbocycles. The molecular weight excluding hydrogens is 229 g/mol. The number of benzene rings is 1. The fraction of sp³-hybridized carbons (Fsp3) is 0.500. The maximum Gasteiger partial charge on any atom is 0.0452 e. The van der Waals surface area contributed by atoms with Gasteiger partial charge in [-0.05, 0) is 36.5 Å². The summed E-state index contributed by atoms with van der Waals surface area (Å²) in [4.78, 5) is 0. The van der Waals surface area contributed by atoms with Gasteiger partial charge < -0.3 is 5.73 Å². The van der Waals surface area contributed by atoms with Crippen LogP contribution < -0.4 is 5.73 Å². The smallest absolute Gasteiger partial charge is 0.0452 e. The molecule has 0 aliphatic heterocycles. The summed E-state index contributed by atoms with van der Waals surface area (Å²) in [6.45, 7) is 4.27. The SMILES string of the molecule is CC(C)C(N)CCc1ccc(Cl)cc1Cl. The van der Waals surface area contributed by atoms with Crippen molar-refractivity contribution in [2.45, 2.75) is 32.7 Å². The Kier molecular flexibility index (Phi) is 4.91. The Morgan fingerprint density at radius 1 is 1.27 bits per heavy atom. The molecule has 3 heteroatoms. The first-order valence-electron chi connectivity index (χ1n) is 5.20. The number of nitrogens with two attached hydrogens (primary N) is 1. The van der Waals surface area contributed by atoms with Crippen molar-refractivity contribution in [3.63, 3.8) is 0 Å². The highest BCUT2D eigenvalue weighted by Gasteiger charge is 2.09. The number of aryl methyl sites for hydroxylation is 1. The van der Waals surface area contributed by atoms with E-state index in [0.717, 1.165) is 23.4 Å². The van der Waals surface area contributed by atoms with Gasteiger partial charge in [-0.25, -0.2) is 0 Å². The summed E-state index contributed by atoms with van der Waals surface area (Å²) in [5.41, 5.74) is 7.10. The van der Waals surface area contributed by atoms with Crippen LogP contribution in [0.3, 0.4) is 0 Å². The van der Waals surface area contributed by atoms with Crippen LogP contribution in [0.25, 0.3) is 0 Å². The van der Waals surface area contributed by atoms with Gasteiger partial charge in [-0.2, -0.15) is 0 Å². The van der Waals surface area contributed by atoms with Crippen LogP contribution in [0.2, 0.25) is 10.0 Å². The van der Waals surface area contributed by atoms with Gasteiger partial charge in [-0.3, -0.25) is 0 Å². The molecule has 0 radical (unpaired) electrons. The maximum absolute atomic E-state index is 6.07. The molecule has 1 unspecified atom stereocenters. The standard InChI is InChI=1S/C12H17Cl2N/c1-8(2)12(15)6-4-9-3-5-10(13)7-11(9)14/h3,5,7-8,12H,4,6,15H2,1-2H3. The van der Waals surface area contributed by atoms with Gasteiger partial charge in [0.05, 0.1) is 0 Å². The monoisotopic (exact) mass is 245 g/mol. The molecule has 0 spiro atoms. The van der Waals surface area contributed by atoms with Crippen LogP contribution in [0.1, 0.15) is 25.8 Å². The van der Waals surface area contributed by atoms with Crippen molar-refractivity contribution in [2.75, 3.05) is 0 Å². The van der Waals surface area contributed by atoms with Crippen LogP contribution in [0.4, 0.5) is 0 Å². The minimum atomic E-state index is 0.233. The van der Waals surface area contributed by atoms with Crippen LogP contribution in [0.15, 0.2) is 18.2 Å². The van der Waals surface area contributed by atoms with Crippen LogP contribution in [0, 0.1) is 5.92 Å². The van der Waals surface area contributed by atoms with E-state index in [1.807, 2.05) is 12.1 Å². The molecule has 1 rings (SSSR count). The minimum Gasteiger partial charge on any atom is -0.327 e. The fourth-order valence-electron chi connectivity index (χ4n) is 1.38. The second-order valence-electron chi connectivity index (χ2n) is 4.18. The summed E-state index contributed by atoms with van der Waals surface area (Å²) in [7, 11) is 0. The first-order valence-corrected chi connectivity index (χ1v) is 5.96. The normalized spacial score (nSPS) is 13.2. The number of halogens is 2. The van der Waals surface area contributed by atoms with E-state index in [-0.39, 0.29) is 6.04 Å². The Labute approximate surface area is 102 Å². The lowest BCUT2D eigenvalue weighted by Crippen LogP contribution is -2.26. The summed E-state index contributed by atoms with van der Waals surface area (Å²) < 4.78 is 0. The molecule has 0 bridgehead atoms. The summed E-state index contributed by atoms with van der Waals surface area (Å²) in [6, 6.07) is 5.84. The molecule has 1 aromatic carbocycles. The molecule has 1 atom stereocenters. The van der Waals surface area contributed by atoms with Gasteiger partial charge in [0.2, 0.25) is 0 Å². The van der Waals surface area contributed by atoms with Crippen molar-refractivity contribution in [1.29, 1.82) is 0 Å². The highest BCUT2D eigenvalue weighted by Crippen LogP contribution is 2.22. The predicted octanol–water partition coefficient (Wildman–Crippen LogP) is 3.91. The molecule has 0 aromatic heterocycles. The van der Waals surface area contributed by atoms with Crippen LogP contribution in [0.5, 0.6) is 0 Å². The van der Waals surface area contributed by atoms with E-state index in [1.54, 1.807) is 6.07 Å². The third-order valence-corrected chi connectivity index (χ3v) is 3.21. The number of rotatable bonds is 4.